The molecule has 1 aromatic rings. The molecule has 6 nitrogen and oxygen atoms in total. The molecule has 1 fully saturated rings. The molecule has 0 aromatic carbocycles. The van der Waals surface area contributed by atoms with E-state index in [-0.39, 0.29) is 23.5 Å². The van der Waals surface area contributed by atoms with Gasteiger partial charge in [0, 0.05) is 0 Å². The van der Waals surface area contributed by atoms with Crippen LogP contribution in [0.4, 0.5) is 5.95 Å². The van der Waals surface area contributed by atoms with E-state index in [4.69, 9.17) is 5.73 Å². The Morgan fingerprint density at radius 2 is 2.29 bits per heavy atom. The predicted molar refractivity (Wildman–Crippen MR) is 54.4 cm³/mol. The lowest BCUT2D eigenvalue weighted by atomic mass is 10.3. The Bertz CT molecular complexity index is 454. The van der Waals surface area contributed by atoms with Gasteiger partial charge in [0.15, 0.2) is 14.6 Å². The van der Waals surface area contributed by atoms with Crippen molar-refractivity contribution in [3.63, 3.8) is 0 Å². The molecular formula is C6H9BrN4O2S. The molecule has 0 radical (unpaired) electrons. The van der Waals surface area contributed by atoms with Gasteiger partial charge in [0.05, 0.1) is 17.5 Å². The Hall–Kier alpha value is -0.630. The first kappa shape index (κ1) is 9.91. The summed E-state index contributed by atoms with van der Waals surface area (Å²) in [5.41, 5.74) is 5.39. The Morgan fingerprint density at radius 1 is 1.57 bits per heavy atom. The van der Waals surface area contributed by atoms with Crippen molar-refractivity contribution in [3.05, 3.63) is 4.73 Å². The highest BCUT2D eigenvalue weighted by atomic mass is 79.9. The monoisotopic (exact) mass is 280 g/mol. The molecule has 78 valence electrons. The molecule has 1 aliphatic heterocycles. The fraction of sp³-hybridized carbons (Fsp3) is 0.667. The number of rotatable bonds is 1. The molecule has 2 N–H and O–H groups in total. The van der Waals surface area contributed by atoms with E-state index in [1.807, 2.05) is 0 Å². The van der Waals surface area contributed by atoms with Gasteiger partial charge in [0.2, 0.25) is 5.95 Å². The highest BCUT2D eigenvalue weighted by molar-refractivity contribution is 9.10. The summed E-state index contributed by atoms with van der Waals surface area (Å²) in [6, 6.07) is -0.140. The van der Waals surface area contributed by atoms with Crippen molar-refractivity contribution in [2.45, 2.75) is 12.5 Å². The fourth-order valence-corrected chi connectivity index (χ4v) is 3.76. The van der Waals surface area contributed by atoms with Crippen molar-refractivity contribution < 1.29 is 8.42 Å². The van der Waals surface area contributed by atoms with E-state index in [1.165, 1.54) is 4.68 Å². The third kappa shape index (κ3) is 1.76. The summed E-state index contributed by atoms with van der Waals surface area (Å²) in [5, 5.41) is 3.93. The van der Waals surface area contributed by atoms with Crippen LogP contribution in [-0.2, 0) is 9.84 Å². The maximum atomic E-state index is 11.2. The molecule has 0 bridgehead atoms. The molecule has 8 heteroatoms. The molecule has 1 aromatic heterocycles. The van der Waals surface area contributed by atoms with Crippen molar-refractivity contribution in [1.29, 1.82) is 0 Å². The van der Waals surface area contributed by atoms with Crippen LogP contribution in [0.25, 0.3) is 0 Å². The van der Waals surface area contributed by atoms with E-state index in [9.17, 15) is 8.42 Å². The number of hydrogen-bond acceptors (Lipinski definition) is 5. The molecule has 0 aliphatic carbocycles. The summed E-state index contributed by atoms with van der Waals surface area (Å²) in [6.07, 6.45) is 0.573. The Balaban J connectivity index is 2.30. The Kier molecular flexibility index (Phi) is 2.26. The largest absolute Gasteiger partial charge is 0.366 e. The summed E-state index contributed by atoms with van der Waals surface area (Å²) < 4.78 is 24.5. The molecule has 0 spiro atoms. The summed E-state index contributed by atoms with van der Waals surface area (Å²) in [6.45, 7) is 0. The van der Waals surface area contributed by atoms with Crippen LogP contribution < -0.4 is 5.73 Å². The average molecular weight is 281 g/mol. The second kappa shape index (κ2) is 3.20. The van der Waals surface area contributed by atoms with Gasteiger partial charge in [-0.05, 0) is 22.4 Å². The molecule has 0 amide bonds. The normalized spacial score (nSPS) is 25.4. The predicted octanol–water partition coefficient (Wildman–Crippen LogP) is -0.0176. The number of halogens is 1. The molecule has 1 unspecified atom stereocenters. The summed E-state index contributed by atoms with van der Waals surface area (Å²) in [7, 11) is -2.90. The van der Waals surface area contributed by atoms with Gasteiger partial charge >= 0.3 is 0 Å². The van der Waals surface area contributed by atoms with Crippen molar-refractivity contribution in [3.8, 4) is 0 Å². The average Bonchev–Trinajstić information content (AvgIpc) is 2.55. The lowest BCUT2D eigenvalue weighted by molar-refractivity contribution is 0.489. The van der Waals surface area contributed by atoms with Crippen LogP contribution >= 0.6 is 15.9 Å². The van der Waals surface area contributed by atoms with E-state index < -0.39 is 9.84 Å². The summed E-state index contributed by atoms with van der Waals surface area (Å²) in [5.74, 6) is 0.485. The van der Waals surface area contributed by atoms with Crippen LogP contribution in [0.1, 0.15) is 12.5 Å². The first-order chi connectivity index (χ1) is 6.48. The molecular weight excluding hydrogens is 272 g/mol. The third-order valence-electron chi connectivity index (χ3n) is 2.16. The number of nitrogens with zero attached hydrogens (tertiary/aromatic N) is 3. The van der Waals surface area contributed by atoms with Gasteiger partial charge in [-0.2, -0.15) is 4.98 Å². The minimum Gasteiger partial charge on any atom is -0.366 e. The van der Waals surface area contributed by atoms with E-state index in [0.717, 1.165) is 0 Å². The second-order valence-electron chi connectivity index (χ2n) is 3.24. The molecule has 0 saturated carbocycles. The van der Waals surface area contributed by atoms with Gasteiger partial charge in [-0.25, -0.2) is 13.1 Å². The molecule has 14 heavy (non-hydrogen) atoms. The first-order valence-electron chi connectivity index (χ1n) is 4.06. The standard InChI is InChI=1S/C6H9BrN4O2S/c7-5-9-6(8)10-11(5)4-1-2-14(12,13)3-4/h4H,1-3H2,(H2,8,10). The smallest absolute Gasteiger partial charge is 0.240 e. The molecule has 1 saturated heterocycles. The quantitative estimate of drug-likeness (QED) is 0.781. The first-order valence-corrected chi connectivity index (χ1v) is 6.67. The van der Waals surface area contributed by atoms with Crippen LogP contribution in [0.2, 0.25) is 0 Å². The zero-order valence-corrected chi connectivity index (χ0v) is 9.62. The number of nitrogens with two attached hydrogens (primary N) is 1. The van der Waals surface area contributed by atoms with Gasteiger partial charge in [-0.3, -0.25) is 0 Å². The number of sulfone groups is 1. The zero-order chi connectivity index (χ0) is 10.3. The van der Waals surface area contributed by atoms with Crippen molar-refractivity contribution in [1.82, 2.24) is 14.8 Å². The molecule has 2 heterocycles. The van der Waals surface area contributed by atoms with Crippen LogP contribution in [0.15, 0.2) is 4.73 Å². The lowest BCUT2D eigenvalue weighted by Crippen LogP contribution is -2.12. The lowest BCUT2D eigenvalue weighted by Gasteiger charge is -2.07. The zero-order valence-electron chi connectivity index (χ0n) is 7.22. The third-order valence-corrected chi connectivity index (χ3v) is 4.45. The van der Waals surface area contributed by atoms with Gasteiger partial charge in [-0.15, -0.1) is 5.10 Å². The van der Waals surface area contributed by atoms with Crippen molar-refractivity contribution in [2.24, 2.45) is 0 Å². The molecule has 2 rings (SSSR count). The number of anilines is 1. The van der Waals surface area contributed by atoms with Gasteiger partial charge in [0.25, 0.3) is 0 Å². The van der Waals surface area contributed by atoms with Crippen LogP contribution in [0.3, 0.4) is 0 Å². The van der Waals surface area contributed by atoms with E-state index in [1.54, 1.807) is 0 Å². The maximum absolute atomic E-state index is 11.2. The van der Waals surface area contributed by atoms with Crippen molar-refractivity contribution >= 4 is 31.7 Å². The van der Waals surface area contributed by atoms with Gasteiger partial charge in [-0.1, -0.05) is 0 Å². The van der Waals surface area contributed by atoms with Gasteiger partial charge < -0.3 is 5.73 Å². The summed E-state index contributed by atoms with van der Waals surface area (Å²) >= 11 is 3.18. The minimum atomic E-state index is -2.90. The fourth-order valence-electron chi connectivity index (χ4n) is 1.52. The second-order valence-corrected chi connectivity index (χ2v) is 6.18. The van der Waals surface area contributed by atoms with E-state index in [2.05, 4.69) is 26.0 Å². The van der Waals surface area contributed by atoms with E-state index >= 15 is 0 Å². The molecule has 1 aliphatic rings. The number of aromatic nitrogens is 3. The topological polar surface area (TPSA) is 90.9 Å². The van der Waals surface area contributed by atoms with E-state index in [0.29, 0.717) is 11.2 Å². The summed E-state index contributed by atoms with van der Waals surface area (Å²) in [4.78, 5) is 3.85. The van der Waals surface area contributed by atoms with Gasteiger partial charge in [0.1, 0.15) is 0 Å². The minimum absolute atomic E-state index is 0.119. The van der Waals surface area contributed by atoms with Crippen molar-refractivity contribution in [2.75, 3.05) is 17.2 Å². The van der Waals surface area contributed by atoms with Crippen LogP contribution in [0.5, 0.6) is 0 Å². The van der Waals surface area contributed by atoms with Crippen LogP contribution in [0, 0.1) is 0 Å². The highest BCUT2D eigenvalue weighted by Crippen LogP contribution is 2.25. The van der Waals surface area contributed by atoms with Crippen LogP contribution in [-0.4, -0.2) is 34.7 Å². The number of nitrogen functional groups attached to an aromatic ring is 1. The molecule has 1 atom stereocenters. The highest BCUT2D eigenvalue weighted by Gasteiger charge is 2.31. The number of hydrogen-bond donors (Lipinski definition) is 1. The Morgan fingerprint density at radius 3 is 2.71 bits per heavy atom. The maximum Gasteiger partial charge on any atom is 0.240 e. The Labute approximate surface area is 89.5 Å². The SMILES string of the molecule is Nc1nc(Br)n(C2CCS(=O)(=O)C2)n1.